The van der Waals surface area contributed by atoms with Gasteiger partial charge in [0.2, 0.25) is 0 Å². The molecule has 0 unspecified atom stereocenters. The van der Waals surface area contributed by atoms with Crippen molar-refractivity contribution in [1.29, 1.82) is 0 Å². The summed E-state index contributed by atoms with van der Waals surface area (Å²) in [6.07, 6.45) is 1.30. The number of aryl methyl sites for hydroxylation is 1. The van der Waals surface area contributed by atoms with Gasteiger partial charge in [-0.05, 0) is 31.9 Å². The first-order chi connectivity index (χ1) is 8.61. The summed E-state index contributed by atoms with van der Waals surface area (Å²) in [5.41, 5.74) is 0. The van der Waals surface area contributed by atoms with Crippen LogP contribution in [0.15, 0.2) is 16.5 Å². The Labute approximate surface area is 106 Å². The van der Waals surface area contributed by atoms with Crippen molar-refractivity contribution in [3.8, 4) is 0 Å². The second-order valence-electron chi connectivity index (χ2n) is 4.50. The molecule has 1 aromatic heterocycles. The van der Waals surface area contributed by atoms with Crippen LogP contribution in [0.3, 0.4) is 0 Å². The molecule has 0 radical (unpaired) electrons. The van der Waals surface area contributed by atoms with Crippen molar-refractivity contribution in [2.45, 2.75) is 19.8 Å². The van der Waals surface area contributed by atoms with Crippen molar-refractivity contribution in [3.05, 3.63) is 23.7 Å². The summed E-state index contributed by atoms with van der Waals surface area (Å²) in [4.78, 5) is 25.2. The van der Waals surface area contributed by atoms with Gasteiger partial charge in [0, 0.05) is 13.1 Å². The number of piperidine rings is 1. The minimum Gasteiger partial charge on any atom is -0.469 e. The lowest BCUT2D eigenvalue weighted by Gasteiger charge is -2.30. The molecule has 0 N–H and O–H groups in total. The monoisotopic (exact) mass is 251 g/mol. The van der Waals surface area contributed by atoms with Gasteiger partial charge in [-0.15, -0.1) is 0 Å². The Hall–Kier alpha value is -1.78. The Kier molecular flexibility index (Phi) is 3.69. The van der Waals surface area contributed by atoms with Crippen LogP contribution in [-0.4, -0.2) is 37.0 Å². The Balaban J connectivity index is 1.94. The fourth-order valence-corrected chi connectivity index (χ4v) is 2.19. The predicted octanol–water partition coefficient (Wildman–Crippen LogP) is 1.61. The molecule has 2 heterocycles. The van der Waals surface area contributed by atoms with E-state index in [4.69, 9.17) is 9.15 Å². The molecule has 0 bridgehead atoms. The van der Waals surface area contributed by atoms with Crippen molar-refractivity contribution in [2.24, 2.45) is 5.92 Å². The van der Waals surface area contributed by atoms with Crippen LogP contribution in [0.4, 0.5) is 0 Å². The Morgan fingerprint density at radius 1 is 1.33 bits per heavy atom. The second kappa shape index (κ2) is 5.25. The van der Waals surface area contributed by atoms with Gasteiger partial charge >= 0.3 is 5.97 Å². The number of likely N-dealkylation sites (tertiary alicyclic amines) is 1. The lowest BCUT2D eigenvalue weighted by molar-refractivity contribution is -0.146. The molecule has 18 heavy (non-hydrogen) atoms. The highest BCUT2D eigenvalue weighted by atomic mass is 16.5. The number of esters is 1. The van der Waals surface area contributed by atoms with E-state index < -0.39 is 0 Å². The molecule has 1 aliphatic heterocycles. The summed E-state index contributed by atoms with van der Waals surface area (Å²) in [7, 11) is 1.39. The van der Waals surface area contributed by atoms with Gasteiger partial charge in [-0.1, -0.05) is 0 Å². The summed E-state index contributed by atoms with van der Waals surface area (Å²) in [6.45, 7) is 2.94. The Bertz CT molecular complexity index is 444. The average molecular weight is 251 g/mol. The van der Waals surface area contributed by atoms with E-state index in [1.807, 2.05) is 0 Å². The van der Waals surface area contributed by atoms with E-state index in [1.165, 1.54) is 7.11 Å². The van der Waals surface area contributed by atoms with Gasteiger partial charge in [0.05, 0.1) is 13.0 Å². The fourth-order valence-electron chi connectivity index (χ4n) is 2.19. The van der Waals surface area contributed by atoms with Gasteiger partial charge in [-0.3, -0.25) is 9.59 Å². The minimum absolute atomic E-state index is 0.0858. The van der Waals surface area contributed by atoms with E-state index in [9.17, 15) is 9.59 Å². The number of nitrogens with zero attached hydrogens (tertiary/aromatic N) is 1. The van der Waals surface area contributed by atoms with E-state index >= 15 is 0 Å². The zero-order chi connectivity index (χ0) is 13.1. The van der Waals surface area contributed by atoms with Crippen LogP contribution in [0.25, 0.3) is 0 Å². The van der Waals surface area contributed by atoms with Gasteiger partial charge in [0.1, 0.15) is 5.76 Å². The molecule has 0 aromatic carbocycles. The van der Waals surface area contributed by atoms with Gasteiger partial charge in [0.25, 0.3) is 5.91 Å². The molecule has 1 aliphatic rings. The van der Waals surface area contributed by atoms with Gasteiger partial charge in [0.15, 0.2) is 5.76 Å². The van der Waals surface area contributed by atoms with Gasteiger partial charge in [-0.25, -0.2) is 0 Å². The number of furan rings is 1. The molecule has 5 nitrogen and oxygen atoms in total. The lowest BCUT2D eigenvalue weighted by atomic mass is 9.97. The van der Waals surface area contributed by atoms with Crippen LogP contribution in [0.5, 0.6) is 0 Å². The molecule has 98 valence electrons. The average Bonchev–Trinajstić information content (AvgIpc) is 2.84. The Morgan fingerprint density at radius 2 is 2.00 bits per heavy atom. The molecule has 2 rings (SSSR count). The van der Waals surface area contributed by atoms with Gasteiger partial charge < -0.3 is 14.1 Å². The fraction of sp³-hybridized carbons (Fsp3) is 0.538. The maximum Gasteiger partial charge on any atom is 0.308 e. The van der Waals surface area contributed by atoms with Crippen LogP contribution < -0.4 is 0 Å². The molecule has 5 heteroatoms. The normalized spacial score (nSPS) is 16.7. The molecular weight excluding hydrogens is 234 g/mol. The molecule has 1 saturated heterocycles. The van der Waals surface area contributed by atoms with Crippen molar-refractivity contribution in [2.75, 3.05) is 20.2 Å². The summed E-state index contributed by atoms with van der Waals surface area (Å²) in [5.74, 6) is 0.714. The number of ether oxygens (including phenoxy) is 1. The summed E-state index contributed by atoms with van der Waals surface area (Å²) in [6, 6.07) is 3.46. The van der Waals surface area contributed by atoms with Crippen molar-refractivity contribution in [1.82, 2.24) is 4.90 Å². The first-order valence-electron chi connectivity index (χ1n) is 6.05. The molecule has 0 spiro atoms. The van der Waals surface area contributed by atoms with Crippen molar-refractivity contribution < 1.29 is 18.7 Å². The number of hydrogen-bond acceptors (Lipinski definition) is 4. The van der Waals surface area contributed by atoms with E-state index in [0.717, 1.165) is 5.76 Å². The highest BCUT2D eigenvalue weighted by molar-refractivity contribution is 5.91. The number of carbonyl (C=O) groups excluding carboxylic acids is 2. The third-order valence-electron chi connectivity index (χ3n) is 3.27. The topological polar surface area (TPSA) is 59.8 Å². The number of rotatable bonds is 2. The smallest absolute Gasteiger partial charge is 0.308 e. The third kappa shape index (κ3) is 2.55. The number of carbonyl (C=O) groups is 2. The van der Waals surface area contributed by atoms with E-state index in [-0.39, 0.29) is 17.8 Å². The number of hydrogen-bond donors (Lipinski definition) is 0. The molecular formula is C13H17NO4. The zero-order valence-electron chi connectivity index (χ0n) is 10.6. The highest BCUT2D eigenvalue weighted by Gasteiger charge is 2.29. The van der Waals surface area contributed by atoms with Crippen molar-refractivity contribution >= 4 is 11.9 Å². The largest absolute Gasteiger partial charge is 0.469 e. The summed E-state index contributed by atoms with van der Waals surface area (Å²) < 4.78 is 10.0. The quantitative estimate of drug-likeness (QED) is 0.749. The molecule has 1 aromatic rings. The second-order valence-corrected chi connectivity index (χ2v) is 4.50. The number of methoxy groups -OCH3 is 1. The maximum atomic E-state index is 12.1. The van der Waals surface area contributed by atoms with Crippen LogP contribution in [-0.2, 0) is 9.53 Å². The first-order valence-corrected chi connectivity index (χ1v) is 6.05. The predicted molar refractivity (Wildman–Crippen MR) is 64.1 cm³/mol. The molecule has 0 saturated carbocycles. The Morgan fingerprint density at radius 3 is 2.50 bits per heavy atom. The van der Waals surface area contributed by atoms with Gasteiger partial charge in [-0.2, -0.15) is 0 Å². The summed E-state index contributed by atoms with van der Waals surface area (Å²) >= 11 is 0. The van der Waals surface area contributed by atoms with Crippen LogP contribution in [0.2, 0.25) is 0 Å². The maximum absolute atomic E-state index is 12.1. The molecule has 1 amide bonds. The highest BCUT2D eigenvalue weighted by Crippen LogP contribution is 2.20. The minimum atomic E-state index is -0.184. The molecule has 0 atom stereocenters. The van der Waals surface area contributed by atoms with Crippen LogP contribution in [0, 0.1) is 12.8 Å². The van der Waals surface area contributed by atoms with E-state index in [0.29, 0.717) is 31.7 Å². The zero-order valence-corrected chi connectivity index (χ0v) is 10.6. The van der Waals surface area contributed by atoms with Crippen molar-refractivity contribution in [3.63, 3.8) is 0 Å². The molecule has 1 fully saturated rings. The SMILES string of the molecule is COC(=O)C1CCN(C(=O)c2ccc(C)o2)CC1. The lowest BCUT2D eigenvalue weighted by Crippen LogP contribution is -2.40. The standard InChI is InChI=1S/C13H17NO4/c1-9-3-4-11(18-9)12(15)14-7-5-10(6-8-14)13(16)17-2/h3-4,10H,5-8H2,1-2H3. The molecule has 0 aliphatic carbocycles. The van der Waals surface area contributed by atoms with Crippen LogP contribution >= 0.6 is 0 Å². The third-order valence-corrected chi connectivity index (χ3v) is 3.27. The first kappa shape index (κ1) is 12.7. The van der Waals surface area contributed by atoms with Crippen LogP contribution in [0.1, 0.15) is 29.2 Å². The number of amides is 1. The summed E-state index contributed by atoms with van der Waals surface area (Å²) in [5, 5.41) is 0. The van der Waals surface area contributed by atoms with E-state index in [1.54, 1.807) is 24.0 Å². The van der Waals surface area contributed by atoms with E-state index in [2.05, 4.69) is 0 Å².